The monoisotopic (exact) mass is 223 g/mol. The highest BCUT2D eigenvalue weighted by atomic mass is 32.1. The van der Waals surface area contributed by atoms with Gasteiger partial charge >= 0.3 is 5.69 Å². The lowest BCUT2D eigenvalue weighted by molar-refractivity contribution is -0.385. The van der Waals surface area contributed by atoms with Gasteiger partial charge < -0.3 is 5.11 Å². The van der Waals surface area contributed by atoms with E-state index in [1.807, 2.05) is 0 Å². The Bertz CT molecular complexity index is 434. The van der Waals surface area contributed by atoms with Crippen LogP contribution in [0.4, 0.5) is 5.69 Å². The van der Waals surface area contributed by atoms with Crippen molar-refractivity contribution >= 4 is 18.3 Å². The van der Waals surface area contributed by atoms with Crippen LogP contribution < -0.4 is 0 Å². The summed E-state index contributed by atoms with van der Waals surface area (Å²) in [6, 6.07) is 4.26. The van der Waals surface area contributed by atoms with Crippen LogP contribution in [0.3, 0.4) is 0 Å². The van der Waals surface area contributed by atoms with Gasteiger partial charge in [-0.25, -0.2) is 0 Å². The Labute approximate surface area is 92.5 Å². The van der Waals surface area contributed by atoms with E-state index in [0.29, 0.717) is 12.2 Å². The van der Waals surface area contributed by atoms with Crippen LogP contribution in [0.5, 0.6) is 5.75 Å². The van der Waals surface area contributed by atoms with E-state index in [2.05, 4.69) is 24.5 Å². The van der Waals surface area contributed by atoms with Gasteiger partial charge in [-0.1, -0.05) is 17.9 Å². The van der Waals surface area contributed by atoms with Gasteiger partial charge in [-0.3, -0.25) is 10.1 Å². The number of phenols is 1. The van der Waals surface area contributed by atoms with E-state index >= 15 is 0 Å². The van der Waals surface area contributed by atoms with Crippen LogP contribution in [0.2, 0.25) is 0 Å². The molecule has 0 atom stereocenters. The number of hydrogen-bond acceptors (Lipinski definition) is 4. The molecular formula is C10H9NO3S. The summed E-state index contributed by atoms with van der Waals surface area (Å²) in [7, 11) is 0. The van der Waals surface area contributed by atoms with Crippen molar-refractivity contribution < 1.29 is 10.0 Å². The highest BCUT2D eigenvalue weighted by Gasteiger charge is 2.14. The van der Waals surface area contributed by atoms with Crippen LogP contribution in [-0.2, 0) is 0 Å². The Kier molecular flexibility index (Phi) is 4.01. The molecule has 0 aliphatic carbocycles. The summed E-state index contributed by atoms with van der Waals surface area (Å²) in [6.45, 7) is 0. The molecule has 0 amide bonds. The molecule has 1 rings (SSSR count). The lowest BCUT2D eigenvalue weighted by atomic mass is 10.2. The molecule has 0 heterocycles. The minimum Gasteiger partial charge on any atom is -0.501 e. The number of nitrogens with zero attached hydrogens (tertiary/aromatic N) is 1. The second-order valence-electron chi connectivity index (χ2n) is 2.71. The normalized spacial score (nSPS) is 9.13. The third-order valence-corrected chi connectivity index (χ3v) is 1.89. The molecular weight excluding hydrogens is 214 g/mol. The van der Waals surface area contributed by atoms with Crippen LogP contribution in [-0.4, -0.2) is 15.8 Å². The molecule has 0 aliphatic rings. The molecule has 0 spiro atoms. The predicted molar refractivity (Wildman–Crippen MR) is 60.1 cm³/mol. The predicted octanol–water partition coefficient (Wildman–Crippen LogP) is 1.97. The summed E-state index contributed by atoms with van der Waals surface area (Å²) >= 11 is 3.97. The van der Waals surface area contributed by atoms with Gasteiger partial charge in [0.1, 0.15) is 0 Å². The molecule has 78 valence electrons. The van der Waals surface area contributed by atoms with Gasteiger partial charge in [0.25, 0.3) is 0 Å². The standard InChI is InChI=1S/C10H9NO3S/c12-10-8(4-1-2-7-15)5-3-6-9(10)11(13)14/h3,5-6,12,15H,2,7H2. The Morgan fingerprint density at radius 3 is 2.87 bits per heavy atom. The molecule has 0 aromatic heterocycles. The maximum absolute atomic E-state index is 10.5. The van der Waals surface area contributed by atoms with Crippen molar-refractivity contribution in [2.24, 2.45) is 0 Å². The fraction of sp³-hybridized carbons (Fsp3) is 0.200. The first-order chi connectivity index (χ1) is 7.16. The number of aromatic hydroxyl groups is 1. The van der Waals surface area contributed by atoms with Gasteiger partial charge in [-0.2, -0.15) is 12.6 Å². The summed E-state index contributed by atoms with van der Waals surface area (Å²) in [6.07, 6.45) is 0.575. The molecule has 5 heteroatoms. The molecule has 1 aromatic carbocycles. The van der Waals surface area contributed by atoms with Crippen molar-refractivity contribution in [3.8, 4) is 17.6 Å². The first-order valence-electron chi connectivity index (χ1n) is 4.23. The van der Waals surface area contributed by atoms with Crippen LogP contribution >= 0.6 is 12.6 Å². The molecule has 4 nitrogen and oxygen atoms in total. The Hall–Kier alpha value is -1.67. The van der Waals surface area contributed by atoms with Crippen LogP contribution in [0, 0.1) is 22.0 Å². The van der Waals surface area contributed by atoms with Crippen LogP contribution in [0.15, 0.2) is 18.2 Å². The SMILES string of the molecule is O=[N+]([O-])c1cccc(C#CCCS)c1O. The highest BCUT2D eigenvalue weighted by molar-refractivity contribution is 7.80. The minimum atomic E-state index is -0.640. The Balaban J connectivity index is 3.06. The number of para-hydroxylation sites is 1. The van der Waals surface area contributed by atoms with Gasteiger partial charge in [0.15, 0.2) is 0 Å². The van der Waals surface area contributed by atoms with E-state index in [-0.39, 0.29) is 17.0 Å². The van der Waals surface area contributed by atoms with Crippen LogP contribution in [0.1, 0.15) is 12.0 Å². The van der Waals surface area contributed by atoms with Crippen molar-refractivity contribution in [3.05, 3.63) is 33.9 Å². The summed E-state index contributed by atoms with van der Waals surface area (Å²) in [4.78, 5) is 9.85. The van der Waals surface area contributed by atoms with Crippen molar-refractivity contribution in [1.82, 2.24) is 0 Å². The largest absolute Gasteiger partial charge is 0.501 e. The smallest absolute Gasteiger partial charge is 0.312 e. The molecule has 0 saturated carbocycles. The van der Waals surface area contributed by atoms with Gasteiger partial charge in [0.05, 0.1) is 10.5 Å². The molecule has 15 heavy (non-hydrogen) atoms. The number of nitro groups is 1. The van der Waals surface area contributed by atoms with Gasteiger partial charge in [0, 0.05) is 18.2 Å². The topological polar surface area (TPSA) is 63.4 Å². The molecule has 0 unspecified atom stereocenters. The van der Waals surface area contributed by atoms with Crippen molar-refractivity contribution in [3.63, 3.8) is 0 Å². The molecule has 0 saturated heterocycles. The molecule has 1 N–H and O–H groups in total. The molecule has 1 aromatic rings. The van der Waals surface area contributed by atoms with Crippen LogP contribution in [0.25, 0.3) is 0 Å². The van der Waals surface area contributed by atoms with Crippen molar-refractivity contribution in [2.45, 2.75) is 6.42 Å². The van der Waals surface area contributed by atoms with Gasteiger partial charge in [-0.05, 0) is 6.07 Å². The van der Waals surface area contributed by atoms with E-state index in [0.717, 1.165) is 0 Å². The van der Waals surface area contributed by atoms with E-state index in [1.165, 1.54) is 18.2 Å². The second kappa shape index (κ2) is 5.27. The van der Waals surface area contributed by atoms with E-state index in [9.17, 15) is 15.2 Å². The first kappa shape index (κ1) is 11.4. The average molecular weight is 223 g/mol. The van der Waals surface area contributed by atoms with Gasteiger partial charge in [-0.15, -0.1) is 0 Å². The zero-order valence-corrected chi connectivity index (χ0v) is 8.70. The lowest BCUT2D eigenvalue weighted by Crippen LogP contribution is -1.89. The fourth-order valence-electron chi connectivity index (χ4n) is 0.993. The maximum Gasteiger partial charge on any atom is 0.312 e. The molecule has 0 fully saturated rings. The maximum atomic E-state index is 10.5. The van der Waals surface area contributed by atoms with E-state index in [1.54, 1.807) is 0 Å². The fourth-order valence-corrected chi connectivity index (χ4v) is 1.10. The van der Waals surface area contributed by atoms with E-state index in [4.69, 9.17) is 0 Å². The average Bonchev–Trinajstić information content (AvgIpc) is 2.20. The summed E-state index contributed by atoms with van der Waals surface area (Å²) in [5.74, 6) is 5.64. The quantitative estimate of drug-likeness (QED) is 0.349. The zero-order valence-electron chi connectivity index (χ0n) is 7.80. The molecule has 0 aliphatic heterocycles. The van der Waals surface area contributed by atoms with E-state index < -0.39 is 4.92 Å². The minimum absolute atomic E-state index is 0.269. The summed E-state index contributed by atoms with van der Waals surface area (Å²) in [5.41, 5.74) is -0.0568. The first-order valence-corrected chi connectivity index (χ1v) is 4.86. The lowest BCUT2D eigenvalue weighted by Gasteiger charge is -1.97. The zero-order chi connectivity index (χ0) is 11.3. The van der Waals surface area contributed by atoms with Crippen molar-refractivity contribution in [1.29, 1.82) is 0 Å². The summed E-state index contributed by atoms with van der Waals surface area (Å²) in [5, 5.41) is 20.0. The number of benzene rings is 1. The number of phenolic OH excluding ortho intramolecular Hbond substituents is 1. The van der Waals surface area contributed by atoms with Gasteiger partial charge in [0.2, 0.25) is 5.75 Å². The second-order valence-corrected chi connectivity index (χ2v) is 3.15. The number of rotatable bonds is 2. The highest BCUT2D eigenvalue weighted by Crippen LogP contribution is 2.28. The number of nitro benzene ring substituents is 1. The number of hydrogen-bond donors (Lipinski definition) is 2. The molecule has 0 bridgehead atoms. The summed E-state index contributed by atoms with van der Waals surface area (Å²) < 4.78 is 0. The third kappa shape index (κ3) is 2.89. The van der Waals surface area contributed by atoms with Crippen molar-refractivity contribution in [2.75, 3.05) is 5.75 Å². The number of thiol groups is 1. The Morgan fingerprint density at radius 2 is 2.27 bits per heavy atom. The Morgan fingerprint density at radius 1 is 1.53 bits per heavy atom. The third-order valence-electron chi connectivity index (χ3n) is 1.67. The molecule has 0 radical (unpaired) electrons.